The molecule has 1 aliphatic carbocycles. The third-order valence-electron chi connectivity index (χ3n) is 5.79. The molecule has 2 aliphatic rings. The predicted octanol–water partition coefficient (Wildman–Crippen LogP) is 4.19. The Morgan fingerprint density at radius 2 is 1.92 bits per heavy atom. The van der Waals surface area contributed by atoms with E-state index < -0.39 is 0 Å². The van der Waals surface area contributed by atoms with Gasteiger partial charge in [0.05, 0.1) is 17.4 Å². The van der Waals surface area contributed by atoms with Crippen LogP contribution >= 0.6 is 0 Å². The number of aromatic nitrogens is 4. The Hall–Kier alpha value is -2.11. The van der Waals surface area contributed by atoms with Gasteiger partial charge in [-0.15, -0.1) is 0 Å². The normalized spacial score (nSPS) is 21.5. The van der Waals surface area contributed by atoms with Crippen molar-refractivity contribution >= 4 is 11.7 Å². The van der Waals surface area contributed by atoms with Crippen LogP contribution in [0.2, 0.25) is 0 Å². The molecule has 1 fully saturated rings. The van der Waals surface area contributed by atoms with Crippen LogP contribution in [0.1, 0.15) is 93.9 Å². The van der Waals surface area contributed by atoms with Gasteiger partial charge in [0.25, 0.3) is 0 Å². The molecule has 2 N–H and O–H groups in total. The fourth-order valence-electron chi connectivity index (χ4n) is 4.33. The van der Waals surface area contributed by atoms with Crippen LogP contribution in [0.15, 0.2) is 6.07 Å². The number of amides is 1. The average molecular weight is 355 g/mol. The number of H-pyrrole nitrogens is 1. The van der Waals surface area contributed by atoms with Crippen LogP contribution in [0.4, 0.5) is 5.82 Å². The Kier molecular flexibility index (Phi) is 4.16. The quantitative estimate of drug-likeness (QED) is 0.848. The molecule has 140 valence electrons. The molecular formula is C20H29N5O. The van der Waals surface area contributed by atoms with Gasteiger partial charge < -0.3 is 5.32 Å². The molecule has 1 unspecified atom stereocenters. The average Bonchev–Trinajstić information content (AvgIpc) is 3.20. The maximum atomic E-state index is 12.5. The van der Waals surface area contributed by atoms with Gasteiger partial charge in [-0.2, -0.15) is 10.2 Å². The van der Waals surface area contributed by atoms with E-state index in [2.05, 4.69) is 54.0 Å². The Morgan fingerprint density at radius 1 is 1.19 bits per heavy atom. The van der Waals surface area contributed by atoms with E-state index in [1.807, 2.05) is 0 Å². The number of carbonyl (C=O) groups is 1. The van der Waals surface area contributed by atoms with Gasteiger partial charge in [-0.1, -0.05) is 40.0 Å². The fraction of sp³-hybridized carbons (Fsp3) is 0.650. The number of aryl methyl sites for hydroxylation is 1. The van der Waals surface area contributed by atoms with E-state index in [4.69, 9.17) is 5.10 Å². The van der Waals surface area contributed by atoms with Crippen LogP contribution in [-0.2, 0) is 10.2 Å². The molecule has 0 saturated heterocycles. The molecule has 1 aliphatic heterocycles. The topological polar surface area (TPSA) is 75.6 Å². The Balaban J connectivity index is 1.75. The van der Waals surface area contributed by atoms with Crippen LogP contribution < -0.4 is 5.32 Å². The summed E-state index contributed by atoms with van der Waals surface area (Å²) in [6.45, 7) is 8.51. The van der Waals surface area contributed by atoms with E-state index in [0.717, 1.165) is 41.3 Å². The summed E-state index contributed by atoms with van der Waals surface area (Å²) < 4.78 is 2.09. The van der Waals surface area contributed by atoms with Gasteiger partial charge in [0, 0.05) is 29.0 Å². The van der Waals surface area contributed by atoms with E-state index in [1.54, 1.807) is 0 Å². The first-order chi connectivity index (χ1) is 12.3. The van der Waals surface area contributed by atoms with Crippen molar-refractivity contribution in [3.8, 4) is 0 Å². The standard InChI is InChI=1S/C20H29N5O/c1-12-18-14(15-11-16(23-22-15)20(2,3)4)10-17(26)21-19(18)25(24-12)13-8-6-5-7-9-13/h11,13-14H,5-10H2,1-4H3,(H,21,26)(H,22,23). The summed E-state index contributed by atoms with van der Waals surface area (Å²) >= 11 is 0. The molecule has 1 amide bonds. The molecule has 6 heteroatoms. The molecule has 0 aromatic carbocycles. The highest BCUT2D eigenvalue weighted by Gasteiger charge is 2.35. The summed E-state index contributed by atoms with van der Waals surface area (Å²) in [6.07, 6.45) is 6.52. The van der Waals surface area contributed by atoms with Crippen LogP contribution in [0.3, 0.4) is 0 Å². The molecule has 3 heterocycles. The number of hydrogen-bond donors (Lipinski definition) is 2. The minimum absolute atomic E-state index is 0.000287. The van der Waals surface area contributed by atoms with Crippen molar-refractivity contribution in [2.24, 2.45) is 0 Å². The van der Waals surface area contributed by atoms with E-state index >= 15 is 0 Å². The van der Waals surface area contributed by atoms with Crippen LogP contribution in [0.5, 0.6) is 0 Å². The first-order valence-electron chi connectivity index (χ1n) is 9.79. The third kappa shape index (κ3) is 2.95. The summed E-state index contributed by atoms with van der Waals surface area (Å²) in [5, 5.41) is 15.7. The molecule has 0 spiro atoms. The number of anilines is 1. The lowest BCUT2D eigenvalue weighted by Gasteiger charge is -2.27. The largest absolute Gasteiger partial charge is 0.311 e. The number of rotatable bonds is 2. The molecule has 0 radical (unpaired) electrons. The first kappa shape index (κ1) is 17.3. The Bertz CT molecular complexity index is 820. The summed E-state index contributed by atoms with van der Waals surface area (Å²) in [5.41, 5.74) is 4.19. The Labute approximate surface area is 154 Å². The minimum Gasteiger partial charge on any atom is -0.311 e. The number of aromatic amines is 1. The molecular weight excluding hydrogens is 326 g/mol. The second-order valence-electron chi connectivity index (χ2n) is 8.85. The fourth-order valence-corrected chi connectivity index (χ4v) is 4.33. The van der Waals surface area contributed by atoms with Crippen molar-refractivity contribution in [1.29, 1.82) is 0 Å². The van der Waals surface area contributed by atoms with E-state index in [1.165, 1.54) is 19.3 Å². The number of nitrogens with zero attached hydrogens (tertiary/aromatic N) is 3. The van der Waals surface area contributed by atoms with Crippen LogP contribution in [-0.4, -0.2) is 25.9 Å². The molecule has 1 atom stereocenters. The number of carbonyl (C=O) groups excluding carboxylic acids is 1. The summed E-state index contributed by atoms with van der Waals surface area (Å²) in [5.74, 6) is 0.966. The minimum atomic E-state index is -0.0180. The second-order valence-corrected chi connectivity index (χ2v) is 8.85. The van der Waals surface area contributed by atoms with Gasteiger partial charge in [-0.05, 0) is 25.8 Å². The third-order valence-corrected chi connectivity index (χ3v) is 5.79. The number of hydrogen-bond acceptors (Lipinski definition) is 3. The second kappa shape index (κ2) is 6.25. The Morgan fingerprint density at radius 3 is 2.58 bits per heavy atom. The predicted molar refractivity (Wildman–Crippen MR) is 101 cm³/mol. The van der Waals surface area contributed by atoms with Gasteiger partial charge in [-0.3, -0.25) is 9.89 Å². The van der Waals surface area contributed by atoms with Gasteiger partial charge in [0.1, 0.15) is 5.82 Å². The van der Waals surface area contributed by atoms with Crippen molar-refractivity contribution in [2.45, 2.75) is 83.6 Å². The molecule has 1 saturated carbocycles. The first-order valence-corrected chi connectivity index (χ1v) is 9.79. The molecule has 4 rings (SSSR count). The van der Waals surface area contributed by atoms with E-state index in [-0.39, 0.29) is 17.2 Å². The molecule has 6 nitrogen and oxygen atoms in total. The van der Waals surface area contributed by atoms with Crippen molar-refractivity contribution in [3.05, 3.63) is 28.7 Å². The van der Waals surface area contributed by atoms with Crippen molar-refractivity contribution in [3.63, 3.8) is 0 Å². The van der Waals surface area contributed by atoms with Gasteiger partial charge >= 0.3 is 0 Å². The van der Waals surface area contributed by atoms with E-state index in [0.29, 0.717) is 12.5 Å². The molecule has 26 heavy (non-hydrogen) atoms. The van der Waals surface area contributed by atoms with E-state index in [9.17, 15) is 4.79 Å². The molecule has 2 aromatic heterocycles. The lowest BCUT2D eigenvalue weighted by Crippen LogP contribution is -2.26. The highest BCUT2D eigenvalue weighted by atomic mass is 16.1. The summed E-state index contributed by atoms with van der Waals surface area (Å²) in [6, 6.07) is 2.52. The highest BCUT2D eigenvalue weighted by molar-refractivity contribution is 5.94. The maximum absolute atomic E-state index is 12.5. The highest BCUT2D eigenvalue weighted by Crippen LogP contribution is 2.42. The zero-order valence-corrected chi connectivity index (χ0v) is 16.2. The molecule has 2 aromatic rings. The number of fused-ring (bicyclic) bond motifs is 1. The SMILES string of the molecule is Cc1nn(C2CCCCC2)c2c1C(c1cc(C(C)(C)C)n[nH]1)CC(=O)N2. The van der Waals surface area contributed by atoms with Crippen molar-refractivity contribution in [1.82, 2.24) is 20.0 Å². The summed E-state index contributed by atoms with van der Waals surface area (Å²) in [4.78, 5) is 12.5. The molecule has 0 bridgehead atoms. The van der Waals surface area contributed by atoms with Gasteiger partial charge in [0.15, 0.2) is 0 Å². The lowest BCUT2D eigenvalue weighted by molar-refractivity contribution is -0.116. The van der Waals surface area contributed by atoms with Crippen molar-refractivity contribution in [2.75, 3.05) is 5.32 Å². The van der Waals surface area contributed by atoms with Crippen LogP contribution in [0, 0.1) is 6.92 Å². The van der Waals surface area contributed by atoms with Crippen molar-refractivity contribution < 1.29 is 4.79 Å². The lowest BCUT2D eigenvalue weighted by atomic mass is 9.86. The summed E-state index contributed by atoms with van der Waals surface area (Å²) in [7, 11) is 0. The van der Waals surface area contributed by atoms with Crippen LogP contribution in [0.25, 0.3) is 0 Å². The van der Waals surface area contributed by atoms with Gasteiger partial charge in [0.2, 0.25) is 5.91 Å². The maximum Gasteiger partial charge on any atom is 0.226 e. The zero-order chi connectivity index (χ0) is 18.5. The smallest absolute Gasteiger partial charge is 0.226 e. The monoisotopic (exact) mass is 355 g/mol. The zero-order valence-electron chi connectivity index (χ0n) is 16.2. The van der Waals surface area contributed by atoms with Gasteiger partial charge in [-0.25, -0.2) is 4.68 Å². The number of nitrogens with one attached hydrogen (secondary N) is 2.